The average Bonchev–Trinajstić information content (AvgIpc) is 3.39. The van der Waals surface area contributed by atoms with Gasteiger partial charge in [-0.1, -0.05) is 26.0 Å². The number of carbonyl (C=O) groups is 1. The number of benzene rings is 1. The lowest BCUT2D eigenvalue weighted by Crippen LogP contribution is -2.50. The molecule has 0 bridgehead atoms. The lowest BCUT2D eigenvalue weighted by atomic mass is 9.79. The topological polar surface area (TPSA) is 78.3 Å². The van der Waals surface area contributed by atoms with Crippen LogP contribution in [0.25, 0.3) is 22.0 Å². The molecule has 1 aromatic carbocycles. The van der Waals surface area contributed by atoms with Crippen LogP contribution in [0.3, 0.4) is 0 Å². The highest BCUT2D eigenvalue weighted by atomic mass is 16.2. The number of fused-ring (bicyclic) bond motifs is 1. The number of urea groups is 1. The van der Waals surface area contributed by atoms with Crippen molar-refractivity contribution in [2.24, 2.45) is 13.0 Å². The molecule has 1 unspecified atom stereocenters. The Bertz CT molecular complexity index is 1260. The molecule has 5 rings (SSSR count). The van der Waals surface area contributed by atoms with E-state index in [1.54, 1.807) is 11.7 Å². The van der Waals surface area contributed by atoms with Crippen LogP contribution in [0.15, 0.2) is 54.1 Å². The molecule has 0 spiro atoms. The molecule has 0 saturated heterocycles. The van der Waals surface area contributed by atoms with Gasteiger partial charge in [-0.15, -0.1) is 0 Å². The van der Waals surface area contributed by atoms with Gasteiger partial charge in [0.05, 0.1) is 35.4 Å². The number of nitrogens with one attached hydrogen (secondary N) is 2. The van der Waals surface area contributed by atoms with Gasteiger partial charge in [-0.05, 0) is 42.4 Å². The van der Waals surface area contributed by atoms with Crippen molar-refractivity contribution in [3.63, 3.8) is 0 Å². The summed E-state index contributed by atoms with van der Waals surface area (Å²) in [4.78, 5) is 19.1. The summed E-state index contributed by atoms with van der Waals surface area (Å²) in [5.41, 5.74) is 9.12. The fourth-order valence-corrected chi connectivity index (χ4v) is 4.96. The molecule has 2 N–H and O–H groups in total. The van der Waals surface area contributed by atoms with E-state index >= 15 is 0 Å². The molecule has 172 valence electrons. The van der Waals surface area contributed by atoms with Gasteiger partial charge >= 0.3 is 6.03 Å². The Morgan fingerprint density at radius 3 is 2.79 bits per heavy atom. The summed E-state index contributed by atoms with van der Waals surface area (Å²) in [6.45, 7) is 8.06. The minimum absolute atomic E-state index is 0.0413. The minimum atomic E-state index is -0.171. The second-order valence-corrected chi connectivity index (χ2v) is 9.43. The number of amides is 2. The quantitative estimate of drug-likeness (QED) is 0.643. The van der Waals surface area contributed by atoms with Gasteiger partial charge in [-0.3, -0.25) is 14.7 Å². The Kier molecular flexibility index (Phi) is 5.12. The summed E-state index contributed by atoms with van der Waals surface area (Å²) in [7, 11) is 3.59. The summed E-state index contributed by atoms with van der Waals surface area (Å²) in [6.07, 6.45) is 6.61. The van der Waals surface area contributed by atoms with Crippen LogP contribution in [-0.4, -0.2) is 51.4 Å². The Morgan fingerprint density at radius 2 is 2.09 bits per heavy atom. The van der Waals surface area contributed by atoms with Crippen LogP contribution < -0.4 is 15.8 Å². The fraction of sp³-hybridized carbons (Fsp3) is 0.400. The molecular formula is C25H31N7O. The SMILES string of the molecule is CNC(=O)N1CCC2=C(C1)N(c1cccc3cc(-c4cnn(C)c4)ncc13)NC2(C)C(C)C. The van der Waals surface area contributed by atoms with Gasteiger partial charge in [0.1, 0.15) is 0 Å². The maximum atomic E-state index is 12.4. The lowest BCUT2D eigenvalue weighted by Gasteiger charge is -2.35. The molecule has 0 aliphatic carbocycles. The molecule has 2 aromatic heterocycles. The van der Waals surface area contributed by atoms with Crippen molar-refractivity contribution in [2.45, 2.75) is 32.7 Å². The zero-order valence-electron chi connectivity index (χ0n) is 19.9. The highest BCUT2D eigenvalue weighted by Gasteiger charge is 2.46. The zero-order chi connectivity index (χ0) is 23.3. The van der Waals surface area contributed by atoms with Crippen molar-refractivity contribution >= 4 is 22.5 Å². The largest absolute Gasteiger partial charge is 0.341 e. The summed E-state index contributed by atoms with van der Waals surface area (Å²) >= 11 is 0. The van der Waals surface area contributed by atoms with E-state index in [1.165, 1.54) is 5.57 Å². The first-order valence-corrected chi connectivity index (χ1v) is 11.5. The van der Waals surface area contributed by atoms with Crippen molar-refractivity contribution in [3.8, 4) is 11.3 Å². The maximum absolute atomic E-state index is 12.4. The highest BCUT2D eigenvalue weighted by molar-refractivity contribution is 5.96. The van der Waals surface area contributed by atoms with E-state index in [0.717, 1.165) is 46.4 Å². The van der Waals surface area contributed by atoms with Crippen molar-refractivity contribution < 1.29 is 4.79 Å². The molecule has 0 radical (unpaired) electrons. The van der Waals surface area contributed by atoms with Gasteiger partial charge in [0.15, 0.2) is 0 Å². The first-order valence-electron chi connectivity index (χ1n) is 11.5. The number of nitrogens with zero attached hydrogens (tertiary/aromatic N) is 5. The second-order valence-electron chi connectivity index (χ2n) is 9.43. The number of aromatic nitrogens is 3. The van der Waals surface area contributed by atoms with E-state index in [1.807, 2.05) is 30.5 Å². The number of anilines is 1. The molecule has 2 aliphatic heterocycles. The third kappa shape index (κ3) is 3.45. The summed E-state index contributed by atoms with van der Waals surface area (Å²) in [6, 6.07) is 8.39. The molecule has 0 saturated carbocycles. The van der Waals surface area contributed by atoms with Crippen LogP contribution in [0.4, 0.5) is 10.5 Å². The van der Waals surface area contributed by atoms with Crippen molar-refractivity contribution in [3.05, 3.63) is 54.1 Å². The van der Waals surface area contributed by atoms with Crippen LogP contribution in [0.5, 0.6) is 0 Å². The molecule has 0 fully saturated rings. The van der Waals surface area contributed by atoms with E-state index in [4.69, 9.17) is 4.98 Å². The summed E-state index contributed by atoms with van der Waals surface area (Å²) in [5.74, 6) is 0.393. The number of hydrazine groups is 1. The normalized spacial score (nSPS) is 20.7. The van der Waals surface area contributed by atoms with Gasteiger partial charge in [0.25, 0.3) is 0 Å². The smallest absolute Gasteiger partial charge is 0.317 e. The average molecular weight is 446 g/mol. The van der Waals surface area contributed by atoms with Gasteiger partial charge in [0, 0.05) is 44.0 Å². The predicted octanol–water partition coefficient (Wildman–Crippen LogP) is 3.67. The van der Waals surface area contributed by atoms with Crippen molar-refractivity contribution in [2.75, 3.05) is 25.1 Å². The van der Waals surface area contributed by atoms with Crippen molar-refractivity contribution in [1.82, 2.24) is 30.4 Å². The Balaban J connectivity index is 1.59. The standard InChI is InChI=1S/C25H31N7O/c1-16(2)25(3)20-9-10-31(24(33)26-4)15-23(20)32(29-25)22-8-6-7-17-11-21(27-13-19(17)22)18-12-28-30(5)14-18/h6-8,11-14,16,29H,9-10,15H2,1-5H3,(H,26,33). The van der Waals surface area contributed by atoms with Gasteiger partial charge in [0.2, 0.25) is 0 Å². The van der Waals surface area contributed by atoms with Crippen LogP contribution in [0.2, 0.25) is 0 Å². The van der Waals surface area contributed by atoms with E-state index < -0.39 is 0 Å². The maximum Gasteiger partial charge on any atom is 0.317 e. The van der Waals surface area contributed by atoms with E-state index in [-0.39, 0.29) is 11.6 Å². The second kappa shape index (κ2) is 7.88. The van der Waals surface area contributed by atoms with Crippen LogP contribution in [-0.2, 0) is 7.05 Å². The van der Waals surface area contributed by atoms with Crippen LogP contribution in [0, 0.1) is 5.92 Å². The third-order valence-corrected chi connectivity index (χ3v) is 7.20. The molecule has 1 atom stereocenters. The zero-order valence-corrected chi connectivity index (χ0v) is 19.9. The highest BCUT2D eigenvalue weighted by Crippen LogP contribution is 2.43. The first kappa shape index (κ1) is 21.5. The lowest BCUT2D eigenvalue weighted by molar-refractivity contribution is 0.201. The number of pyridine rings is 1. The third-order valence-electron chi connectivity index (χ3n) is 7.20. The number of hydrogen-bond acceptors (Lipinski definition) is 5. The molecule has 8 nitrogen and oxygen atoms in total. The van der Waals surface area contributed by atoms with E-state index in [0.29, 0.717) is 12.5 Å². The summed E-state index contributed by atoms with van der Waals surface area (Å²) in [5, 5.41) is 11.4. The molecule has 2 amide bonds. The minimum Gasteiger partial charge on any atom is -0.341 e. The van der Waals surface area contributed by atoms with Crippen LogP contribution in [0.1, 0.15) is 27.2 Å². The van der Waals surface area contributed by atoms with Crippen LogP contribution >= 0.6 is 0 Å². The number of aryl methyl sites for hydroxylation is 1. The number of hydrogen-bond donors (Lipinski definition) is 2. The van der Waals surface area contributed by atoms with E-state index in [2.05, 4.69) is 65.9 Å². The number of carbonyl (C=O) groups excluding carboxylic acids is 1. The Hall–Kier alpha value is -3.39. The predicted molar refractivity (Wildman–Crippen MR) is 130 cm³/mol. The Morgan fingerprint density at radius 1 is 1.27 bits per heavy atom. The fourth-order valence-electron chi connectivity index (χ4n) is 4.96. The molecule has 8 heteroatoms. The van der Waals surface area contributed by atoms with Gasteiger partial charge < -0.3 is 10.2 Å². The van der Waals surface area contributed by atoms with Gasteiger partial charge in [-0.25, -0.2) is 10.2 Å². The van der Waals surface area contributed by atoms with E-state index in [9.17, 15) is 4.79 Å². The molecule has 3 aromatic rings. The van der Waals surface area contributed by atoms with Gasteiger partial charge in [-0.2, -0.15) is 5.10 Å². The first-order chi connectivity index (χ1) is 15.8. The number of rotatable bonds is 3. The summed E-state index contributed by atoms with van der Waals surface area (Å²) < 4.78 is 1.79. The monoisotopic (exact) mass is 445 g/mol. The molecule has 2 aliphatic rings. The molecule has 4 heterocycles. The van der Waals surface area contributed by atoms with Crippen molar-refractivity contribution in [1.29, 1.82) is 0 Å². The molecular weight excluding hydrogens is 414 g/mol. The molecule has 33 heavy (non-hydrogen) atoms. The Labute approximate surface area is 194 Å².